The number of fused-ring (bicyclic) bond motifs is 1. The molecular formula is C40H53N3O10. The van der Waals surface area contributed by atoms with Crippen LogP contribution < -0.4 is 5.32 Å². The summed E-state index contributed by atoms with van der Waals surface area (Å²) in [6, 6.07) is 5.39. The minimum atomic E-state index is -0.849. The van der Waals surface area contributed by atoms with Crippen LogP contribution in [0.5, 0.6) is 0 Å². The number of esters is 2. The number of aliphatic hydroxyl groups excluding tert-OH is 1. The Kier molecular flexibility index (Phi) is 11.5. The number of likely N-dealkylation sites (tertiary alicyclic amines) is 1. The summed E-state index contributed by atoms with van der Waals surface area (Å²) in [5.74, 6) is -2.32. The molecule has 2 N–H and O–H groups in total. The molecule has 2 aliphatic heterocycles. The van der Waals surface area contributed by atoms with Crippen LogP contribution in [0.2, 0.25) is 0 Å². The van der Waals surface area contributed by atoms with Crippen molar-refractivity contribution in [3.63, 3.8) is 0 Å². The van der Waals surface area contributed by atoms with Crippen molar-refractivity contribution in [3.05, 3.63) is 53.1 Å². The Hall–Kier alpha value is -4.07. The van der Waals surface area contributed by atoms with Crippen molar-refractivity contribution in [1.82, 2.24) is 15.1 Å². The fourth-order valence-corrected chi connectivity index (χ4v) is 7.56. The molecule has 2 heterocycles. The first kappa shape index (κ1) is 38.6. The molecule has 3 amide bonds. The van der Waals surface area contributed by atoms with E-state index in [0.29, 0.717) is 30.5 Å². The second-order valence-electron chi connectivity index (χ2n) is 16.1. The van der Waals surface area contributed by atoms with E-state index in [0.717, 1.165) is 25.7 Å². The summed E-state index contributed by atoms with van der Waals surface area (Å²) in [6.45, 7) is 5.29. The number of rotatable bonds is 13. The zero-order valence-electron chi connectivity index (χ0n) is 31.4. The number of nitrogens with one attached hydrogen (secondary N) is 1. The highest BCUT2D eigenvalue weighted by Crippen LogP contribution is 2.59. The smallest absolute Gasteiger partial charge is 0.339 e. The van der Waals surface area contributed by atoms with Crippen molar-refractivity contribution in [2.24, 2.45) is 11.8 Å². The molecule has 288 valence electrons. The maximum Gasteiger partial charge on any atom is 0.339 e. The highest BCUT2D eigenvalue weighted by Gasteiger charge is 2.64. The molecule has 6 rings (SSSR count). The first-order valence-electron chi connectivity index (χ1n) is 18.9. The van der Waals surface area contributed by atoms with Gasteiger partial charge in [0.15, 0.2) is 5.79 Å². The number of nitrogens with zero attached hydrogens (tertiary/aromatic N) is 2. The normalized spacial score (nSPS) is 25.7. The SMILES string of the molecule is CN(C)C(=O)C=Cc1ccccc1C(=O)O[C@@H]1CC(C(=O)N2CCC[C@@H]2C(=O)N[C@H](CO)CCC(=O)OC(C)(C)C)=C[C@H]2OC(C3CC3)(C3CC3)O[C@H]21. The number of benzene rings is 1. The topological polar surface area (TPSA) is 161 Å². The van der Waals surface area contributed by atoms with E-state index in [9.17, 15) is 29.1 Å². The Labute approximate surface area is 311 Å². The standard InChI is InChI=1S/C40H53N3O10/c1-39(2,3)52-34(46)19-17-28(23-44)41-36(47)30-11-8-20-43(30)37(48)25-21-31(35-32(22-25)51-40(53-35,26-13-14-26)27-15-16-27)50-38(49)29-10-7-6-9-24(29)12-18-33(45)42(4)5/h6-7,9-10,12,18,22,26-28,30-32,35,44H,8,11,13-17,19-21,23H2,1-5H3,(H,41,47)/t28-,30+,31+,32+,35-/m0/s1. The van der Waals surface area contributed by atoms with Crippen molar-refractivity contribution >= 4 is 35.7 Å². The molecule has 13 nitrogen and oxygen atoms in total. The van der Waals surface area contributed by atoms with E-state index in [1.807, 2.05) is 0 Å². The van der Waals surface area contributed by atoms with Crippen LogP contribution in [0.1, 0.15) is 94.5 Å². The molecule has 5 atom stereocenters. The van der Waals surface area contributed by atoms with Crippen molar-refractivity contribution in [2.75, 3.05) is 27.2 Å². The number of hydrogen-bond acceptors (Lipinski definition) is 10. The van der Waals surface area contributed by atoms with Crippen molar-refractivity contribution < 1.29 is 48.0 Å². The van der Waals surface area contributed by atoms with Gasteiger partial charge in [-0.1, -0.05) is 18.2 Å². The monoisotopic (exact) mass is 735 g/mol. The lowest BCUT2D eigenvalue weighted by Gasteiger charge is -2.33. The zero-order chi connectivity index (χ0) is 38.1. The summed E-state index contributed by atoms with van der Waals surface area (Å²) in [7, 11) is 3.28. The first-order chi connectivity index (χ1) is 25.2. The summed E-state index contributed by atoms with van der Waals surface area (Å²) < 4.78 is 25.1. The van der Waals surface area contributed by atoms with Gasteiger partial charge in [0.2, 0.25) is 17.7 Å². The predicted molar refractivity (Wildman–Crippen MR) is 193 cm³/mol. The van der Waals surface area contributed by atoms with Gasteiger partial charge in [0.25, 0.3) is 0 Å². The van der Waals surface area contributed by atoms with Crippen LogP contribution in [0.25, 0.3) is 6.08 Å². The molecule has 1 aromatic carbocycles. The number of likely N-dealkylation sites (N-methyl/N-ethyl adjacent to an activating group) is 1. The van der Waals surface area contributed by atoms with E-state index in [2.05, 4.69) is 5.32 Å². The third kappa shape index (κ3) is 9.01. The Morgan fingerprint density at radius 2 is 1.75 bits per heavy atom. The zero-order valence-corrected chi connectivity index (χ0v) is 31.4. The Balaban J connectivity index is 1.19. The fourth-order valence-electron chi connectivity index (χ4n) is 7.56. The quantitative estimate of drug-likeness (QED) is 0.227. The number of amides is 3. The molecule has 0 radical (unpaired) electrons. The highest BCUT2D eigenvalue weighted by molar-refractivity contribution is 5.99. The second-order valence-corrected chi connectivity index (χ2v) is 16.1. The van der Waals surface area contributed by atoms with Crippen molar-refractivity contribution in [3.8, 4) is 0 Å². The van der Waals surface area contributed by atoms with Crippen LogP contribution in [0, 0.1) is 11.8 Å². The van der Waals surface area contributed by atoms with Gasteiger partial charge in [0.1, 0.15) is 30.0 Å². The van der Waals surface area contributed by atoms with Crippen LogP contribution in [0.3, 0.4) is 0 Å². The van der Waals surface area contributed by atoms with Crippen LogP contribution >= 0.6 is 0 Å². The molecular weight excluding hydrogens is 682 g/mol. The van der Waals surface area contributed by atoms with Gasteiger partial charge in [0.05, 0.1) is 18.2 Å². The first-order valence-corrected chi connectivity index (χ1v) is 18.9. The molecule has 4 fully saturated rings. The lowest BCUT2D eigenvalue weighted by molar-refractivity contribution is -0.209. The molecule has 0 unspecified atom stereocenters. The highest BCUT2D eigenvalue weighted by atomic mass is 16.8. The van der Waals surface area contributed by atoms with E-state index in [1.165, 1.54) is 15.9 Å². The van der Waals surface area contributed by atoms with E-state index in [1.54, 1.807) is 71.3 Å². The number of carbonyl (C=O) groups excluding carboxylic acids is 5. The molecule has 0 aromatic heterocycles. The summed E-state index contributed by atoms with van der Waals surface area (Å²) >= 11 is 0. The lowest BCUT2D eigenvalue weighted by atomic mass is 9.91. The summed E-state index contributed by atoms with van der Waals surface area (Å²) in [5, 5.41) is 12.8. The molecule has 3 aliphatic carbocycles. The van der Waals surface area contributed by atoms with E-state index < -0.39 is 59.6 Å². The van der Waals surface area contributed by atoms with Crippen LogP contribution in [0.15, 0.2) is 42.0 Å². The summed E-state index contributed by atoms with van der Waals surface area (Å²) in [5.41, 5.74) is 0.514. The van der Waals surface area contributed by atoms with Crippen LogP contribution in [-0.4, -0.2) is 114 Å². The van der Waals surface area contributed by atoms with E-state index >= 15 is 0 Å². The Morgan fingerprint density at radius 3 is 2.40 bits per heavy atom. The molecule has 1 aromatic rings. The molecule has 2 saturated carbocycles. The number of carbonyl (C=O) groups is 5. The molecule has 13 heteroatoms. The molecule has 53 heavy (non-hydrogen) atoms. The molecule has 2 saturated heterocycles. The van der Waals surface area contributed by atoms with Gasteiger partial charge in [0, 0.05) is 57.0 Å². The van der Waals surface area contributed by atoms with Crippen molar-refractivity contribution in [1.29, 1.82) is 0 Å². The molecule has 5 aliphatic rings. The van der Waals surface area contributed by atoms with Crippen LogP contribution in [0.4, 0.5) is 0 Å². The van der Waals surface area contributed by atoms with Gasteiger partial charge in [-0.05, 0) is 89.5 Å². The second kappa shape index (κ2) is 15.7. The van der Waals surface area contributed by atoms with Gasteiger partial charge in [-0.2, -0.15) is 0 Å². The lowest BCUT2D eigenvalue weighted by Crippen LogP contribution is -2.51. The average molecular weight is 736 g/mol. The van der Waals surface area contributed by atoms with Gasteiger partial charge in [-0.25, -0.2) is 4.79 Å². The molecule has 0 bridgehead atoms. The summed E-state index contributed by atoms with van der Waals surface area (Å²) in [4.78, 5) is 69.2. The third-order valence-corrected chi connectivity index (χ3v) is 10.5. The number of aliphatic hydroxyl groups is 1. The number of hydrogen-bond donors (Lipinski definition) is 2. The van der Waals surface area contributed by atoms with Crippen molar-refractivity contribution in [2.45, 2.75) is 120 Å². The number of ether oxygens (including phenoxy) is 4. The minimum Gasteiger partial charge on any atom is -0.460 e. The van der Waals surface area contributed by atoms with E-state index in [-0.39, 0.29) is 55.1 Å². The van der Waals surface area contributed by atoms with Gasteiger partial charge < -0.3 is 39.2 Å². The average Bonchev–Trinajstić information content (AvgIpc) is 4.06. The molecule has 0 spiro atoms. The predicted octanol–water partition coefficient (Wildman–Crippen LogP) is 3.53. The fraction of sp³-hybridized carbons (Fsp3) is 0.625. The maximum absolute atomic E-state index is 14.3. The maximum atomic E-state index is 14.3. The Bertz CT molecular complexity index is 1630. The Morgan fingerprint density at radius 1 is 1.06 bits per heavy atom. The van der Waals surface area contributed by atoms with Gasteiger partial charge in [-0.3, -0.25) is 19.2 Å². The van der Waals surface area contributed by atoms with E-state index in [4.69, 9.17) is 18.9 Å². The van der Waals surface area contributed by atoms with Gasteiger partial charge >= 0.3 is 11.9 Å². The third-order valence-electron chi connectivity index (χ3n) is 10.5. The largest absolute Gasteiger partial charge is 0.460 e. The van der Waals surface area contributed by atoms with Gasteiger partial charge in [-0.15, -0.1) is 0 Å². The van der Waals surface area contributed by atoms with Crippen LogP contribution in [-0.2, 0) is 38.1 Å². The summed E-state index contributed by atoms with van der Waals surface area (Å²) in [6.07, 6.45) is 7.91. The minimum absolute atomic E-state index is 0.0197.